The van der Waals surface area contributed by atoms with Crippen LogP contribution in [0.4, 0.5) is 11.4 Å². The molecule has 1 N–H and O–H groups in total. The van der Waals surface area contributed by atoms with Crippen molar-refractivity contribution < 1.29 is 4.74 Å². The van der Waals surface area contributed by atoms with Gasteiger partial charge in [0.05, 0.1) is 11.4 Å². The van der Waals surface area contributed by atoms with Gasteiger partial charge in [-0.1, -0.05) is 25.1 Å². The first kappa shape index (κ1) is 10.2. The number of rotatable bonds is 1. The molecule has 0 aliphatic carbocycles. The molecule has 0 unspecified atom stereocenters. The highest BCUT2D eigenvalue weighted by molar-refractivity contribution is 5.78. The fourth-order valence-electron chi connectivity index (χ4n) is 2.32. The number of anilines is 2. The Morgan fingerprint density at radius 3 is 2.71 bits per heavy atom. The maximum Gasteiger partial charge on any atom is 0.151 e. The molecule has 2 aromatic rings. The van der Waals surface area contributed by atoms with Gasteiger partial charge in [-0.25, -0.2) is 0 Å². The van der Waals surface area contributed by atoms with Crippen LogP contribution in [0.25, 0.3) is 0 Å². The lowest BCUT2D eigenvalue weighted by molar-refractivity contribution is 0.480. The average molecular weight is 225 g/mol. The molecule has 1 heterocycles. The zero-order chi connectivity index (χ0) is 11.8. The highest BCUT2D eigenvalue weighted by atomic mass is 16.5. The standard InChI is InChI=1S/C15H15NO/c1-3-11-10(2)8-9-14-15(11)16-12-6-4-5-7-13(12)17-14/h4-9,16H,3H2,1-2H3. The SMILES string of the molecule is CCc1c(C)ccc2c1Nc1ccccc1O2. The minimum absolute atomic E-state index is 0.894. The summed E-state index contributed by atoms with van der Waals surface area (Å²) >= 11 is 0. The second kappa shape index (κ2) is 3.81. The van der Waals surface area contributed by atoms with E-state index < -0.39 is 0 Å². The molecule has 0 fully saturated rings. The van der Waals surface area contributed by atoms with Crippen molar-refractivity contribution in [2.45, 2.75) is 20.3 Å². The van der Waals surface area contributed by atoms with Crippen LogP contribution in [0.5, 0.6) is 11.5 Å². The molecule has 0 atom stereocenters. The molecule has 86 valence electrons. The zero-order valence-corrected chi connectivity index (χ0v) is 10.1. The number of nitrogens with one attached hydrogen (secondary N) is 1. The van der Waals surface area contributed by atoms with Crippen LogP contribution in [0.2, 0.25) is 0 Å². The molecule has 17 heavy (non-hydrogen) atoms. The smallest absolute Gasteiger partial charge is 0.151 e. The van der Waals surface area contributed by atoms with Crippen LogP contribution < -0.4 is 10.1 Å². The summed E-state index contributed by atoms with van der Waals surface area (Å²) in [6, 6.07) is 12.2. The van der Waals surface area contributed by atoms with E-state index in [0.29, 0.717) is 0 Å². The Bertz CT molecular complexity index is 575. The monoisotopic (exact) mass is 225 g/mol. The van der Waals surface area contributed by atoms with Crippen molar-refractivity contribution in [1.82, 2.24) is 0 Å². The number of fused-ring (bicyclic) bond motifs is 2. The van der Waals surface area contributed by atoms with Crippen LogP contribution >= 0.6 is 0 Å². The molecular weight excluding hydrogens is 210 g/mol. The third-order valence-electron chi connectivity index (χ3n) is 3.23. The van der Waals surface area contributed by atoms with E-state index >= 15 is 0 Å². The summed E-state index contributed by atoms with van der Waals surface area (Å²) in [5.41, 5.74) is 4.80. The Labute approximate surface area is 101 Å². The summed E-state index contributed by atoms with van der Waals surface area (Å²) in [7, 11) is 0. The Morgan fingerprint density at radius 2 is 1.88 bits per heavy atom. The van der Waals surface area contributed by atoms with Crippen molar-refractivity contribution >= 4 is 11.4 Å². The Hall–Kier alpha value is -1.96. The molecule has 0 radical (unpaired) electrons. The van der Waals surface area contributed by atoms with Crippen molar-refractivity contribution in [3.63, 3.8) is 0 Å². The lowest BCUT2D eigenvalue weighted by atomic mass is 10.0. The highest BCUT2D eigenvalue weighted by Gasteiger charge is 2.18. The van der Waals surface area contributed by atoms with Gasteiger partial charge in [0.1, 0.15) is 0 Å². The zero-order valence-electron chi connectivity index (χ0n) is 10.1. The average Bonchev–Trinajstić information content (AvgIpc) is 2.36. The van der Waals surface area contributed by atoms with E-state index in [2.05, 4.69) is 25.2 Å². The van der Waals surface area contributed by atoms with E-state index in [1.165, 1.54) is 11.1 Å². The molecule has 2 nitrogen and oxygen atoms in total. The van der Waals surface area contributed by atoms with Gasteiger partial charge in [-0.05, 0) is 42.7 Å². The van der Waals surface area contributed by atoms with E-state index in [-0.39, 0.29) is 0 Å². The summed E-state index contributed by atoms with van der Waals surface area (Å²) in [6.45, 7) is 4.31. The summed E-state index contributed by atoms with van der Waals surface area (Å²) in [5, 5.41) is 3.48. The largest absolute Gasteiger partial charge is 0.453 e. The molecule has 0 saturated carbocycles. The van der Waals surface area contributed by atoms with Crippen LogP contribution in [0.1, 0.15) is 18.1 Å². The molecule has 1 aliphatic rings. The minimum Gasteiger partial charge on any atom is -0.453 e. The van der Waals surface area contributed by atoms with Gasteiger partial charge in [-0.2, -0.15) is 0 Å². The molecule has 0 spiro atoms. The van der Waals surface area contributed by atoms with Crippen LogP contribution in [0, 0.1) is 6.92 Å². The number of hydrogen-bond acceptors (Lipinski definition) is 2. The molecule has 0 amide bonds. The third-order valence-corrected chi connectivity index (χ3v) is 3.23. The number of ether oxygens (including phenoxy) is 1. The number of benzene rings is 2. The highest BCUT2D eigenvalue weighted by Crippen LogP contribution is 2.44. The number of para-hydroxylation sites is 2. The van der Waals surface area contributed by atoms with Crippen molar-refractivity contribution in [3.8, 4) is 11.5 Å². The first-order valence-electron chi connectivity index (χ1n) is 5.96. The Balaban J connectivity index is 2.15. The first-order valence-corrected chi connectivity index (χ1v) is 5.96. The second-order valence-corrected chi connectivity index (χ2v) is 4.31. The first-order chi connectivity index (χ1) is 8.29. The van der Waals surface area contributed by atoms with Crippen LogP contribution in [0.15, 0.2) is 36.4 Å². The normalized spacial score (nSPS) is 12.1. The predicted molar refractivity (Wildman–Crippen MR) is 70.4 cm³/mol. The summed E-state index contributed by atoms with van der Waals surface area (Å²) in [6.07, 6.45) is 1.01. The van der Waals surface area contributed by atoms with E-state index in [0.717, 1.165) is 29.3 Å². The Morgan fingerprint density at radius 1 is 1.06 bits per heavy atom. The van der Waals surface area contributed by atoms with Gasteiger partial charge < -0.3 is 10.1 Å². The van der Waals surface area contributed by atoms with Crippen molar-refractivity contribution in [3.05, 3.63) is 47.5 Å². The molecule has 0 aromatic heterocycles. The van der Waals surface area contributed by atoms with Gasteiger partial charge in [0.25, 0.3) is 0 Å². The van der Waals surface area contributed by atoms with Gasteiger partial charge in [0.15, 0.2) is 11.5 Å². The van der Waals surface area contributed by atoms with Crippen LogP contribution in [-0.4, -0.2) is 0 Å². The molecule has 2 heteroatoms. The van der Waals surface area contributed by atoms with E-state index in [1.807, 2.05) is 30.3 Å². The van der Waals surface area contributed by atoms with E-state index in [1.54, 1.807) is 0 Å². The van der Waals surface area contributed by atoms with Crippen LogP contribution in [0.3, 0.4) is 0 Å². The summed E-state index contributed by atoms with van der Waals surface area (Å²) in [4.78, 5) is 0. The molecule has 3 rings (SSSR count). The van der Waals surface area contributed by atoms with E-state index in [9.17, 15) is 0 Å². The molecule has 1 aliphatic heterocycles. The fourth-order valence-corrected chi connectivity index (χ4v) is 2.32. The topological polar surface area (TPSA) is 21.3 Å². The quantitative estimate of drug-likeness (QED) is 0.662. The Kier molecular flexibility index (Phi) is 2.29. The summed E-state index contributed by atoms with van der Waals surface area (Å²) in [5.74, 6) is 1.82. The third kappa shape index (κ3) is 1.57. The molecule has 0 saturated heterocycles. The lowest BCUT2D eigenvalue weighted by Gasteiger charge is -2.24. The maximum atomic E-state index is 5.91. The van der Waals surface area contributed by atoms with Crippen molar-refractivity contribution in [1.29, 1.82) is 0 Å². The number of aryl methyl sites for hydroxylation is 1. The molecule has 0 bridgehead atoms. The number of hydrogen-bond donors (Lipinski definition) is 1. The molecular formula is C15H15NO. The van der Waals surface area contributed by atoms with Crippen molar-refractivity contribution in [2.24, 2.45) is 0 Å². The predicted octanol–water partition coefficient (Wildman–Crippen LogP) is 4.41. The maximum absolute atomic E-state index is 5.91. The second-order valence-electron chi connectivity index (χ2n) is 4.31. The fraction of sp³-hybridized carbons (Fsp3) is 0.200. The lowest BCUT2D eigenvalue weighted by Crippen LogP contribution is -2.06. The van der Waals surface area contributed by atoms with Crippen molar-refractivity contribution in [2.75, 3.05) is 5.32 Å². The van der Waals surface area contributed by atoms with Gasteiger partial charge in [0.2, 0.25) is 0 Å². The summed E-state index contributed by atoms with van der Waals surface area (Å²) < 4.78 is 5.91. The van der Waals surface area contributed by atoms with Gasteiger partial charge in [0, 0.05) is 0 Å². The molecule has 2 aromatic carbocycles. The van der Waals surface area contributed by atoms with Gasteiger partial charge in [-0.3, -0.25) is 0 Å². The van der Waals surface area contributed by atoms with Crippen LogP contribution in [-0.2, 0) is 6.42 Å². The minimum atomic E-state index is 0.894. The van der Waals surface area contributed by atoms with E-state index in [4.69, 9.17) is 4.74 Å². The van der Waals surface area contributed by atoms with Gasteiger partial charge >= 0.3 is 0 Å². The van der Waals surface area contributed by atoms with Gasteiger partial charge in [-0.15, -0.1) is 0 Å².